The van der Waals surface area contributed by atoms with E-state index in [0.29, 0.717) is 26.9 Å². The van der Waals surface area contributed by atoms with Gasteiger partial charge in [-0.1, -0.05) is 55.6 Å². The highest BCUT2D eigenvalue weighted by atomic mass is 35.5. The fraction of sp³-hybridized carbons (Fsp3) is 0.154. The van der Waals surface area contributed by atoms with Crippen LogP contribution in [0, 0.1) is 5.41 Å². The highest BCUT2D eigenvalue weighted by Gasteiger charge is 2.21. The summed E-state index contributed by atoms with van der Waals surface area (Å²) >= 11 is 18.0. The number of nitrogens with zero attached hydrogens (tertiary/aromatic N) is 1. The van der Waals surface area contributed by atoms with Crippen LogP contribution in [0.1, 0.15) is 47.1 Å². The zero-order chi connectivity index (χ0) is 26.5. The molecule has 0 radical (unpaired) electrons. The summed E-state index contributed by atoms with van der Waals surface area (Å²) in [7, 11) is 0. The minimum absolute atomic E-state index is 0.134. The molecule has 3 aromatic carbocycles. The van der Waals surface area contributed by atoms with Crippen LogP contribution in [0.25, 0.3) is 0 Å². The fourth-order valence-electron chi connectivity index (χ4n) is 2.77. The average Bonchev–Trinajstić information content (AvgIpc) is 2.80. The molecule has 186 valence electrons. The van der Waals surface area contributed by atoms with Gasteiger partial charge < -0.3 is 10.1 Å². The Balaban J connectivity index is 1.68. The van der Waals surface area contributed by atoms with Crippen LogP contribution in [0.5, 0.6) is 5.75 Å². The number of ether oxygens (including phenoxy) is 1. The number of anilines is 1. The van der Waals surface area contributed by atoms with Gasteiger partial charge in [-0.15, -0.1) is 0 Å². The summed E-state index contributed by atoms with van der Waals surface area (Å²) in [6.45, 7) is 5.42. The number of esters is 1. The van der Waals surface area contributed by atoms with Crippen LogP contribution in [0.3, 0.4) is 0 Å². The predicted molar refractivity (Wildman–Crippen MR) is 142 cm³/mol. The number of benzene rings is 3. The summed E-state index contributed by atoms with van der Waals surface area (Å²) < 4.78 is 5.45. The van der Waals surface area contributed by atoms with Gasteiger partial charge in [-0.25, -0.2) is 10.2 Å². The van der Waals surface area contributed by atoms with Crippen molar-refractivity contribution < 1.29 is 19.1 Å². The minimum atomic E-state index is -0.698. The van der Waals surface area contributed by atoms with Crippen LogP contribution in [0.15, 0.2) is 65.8 Å². The van der Waals surface area contributed by atoms with Crippen LogP contribution in [-0.2, 0) is 4.79 Å². The molecule has 0 aliphatic heterocycles. The molecule has 0 aromatic heterocycles. The molecule has 36 heavy (non-hydrogen) atoms. The van der Waals surface area contributed by atoms with Crippen molar-refractivity contribution in [3.05, 3.63) is 92.4 Å². The van der Waals surface area contributed by atoms with Gasteiger partial charge in [-0.2, -0.15) is 5.10 Å². The quantitative estimate of drug-likeness (QED) is 0.157. The van der Waals surface area contributed by atoms with Crippen LogP contribution < -0.4 is 15.5 Å². The van der Waals surface area contributed by atoms with Crippen molar-refractivity contribution in [1.29, 1.82) is 0 Å². The summed E-state index contributed by atoms with van der Waals surface area (Å²) in [4.78, 5) is 37.1. The second-order valence-corrected chi connectivity index (χ2v) is 9.96. The van der Waals surface area contributed by atoms with Crippen molar-refractivity contribution >= 4 is 64.5 Å². The first-order valence-corrected chi connectivity index (χ1v) is 11.8. The Bertz CT molecular complexity index is 1330. The van der Waals surface area contributed by atoms with Crippen molar-refractivity contribution in [2.24, 2.45) is 10.5 Å². The average molecular weight is 547 g/mol. The van der Waals surface area contributed by atoms with Crippen LogP contribution in [0.4, 0.5) is 5.69 Å². The Labute approximate surface area is 223 Å². The summed E-state index contributed by atoms with van der Waals surface area (Å²) in [6, 6.07) is 15.3. The van der Waals surface area contributed by atoms with Gasteiger partial charge in [0.2, 0.25) is 5.91 Å². The number of nitrogens with one attached hydrogen (secondary N) is 2. The first kappa shape index (κ1) is 27.2. The predicted octanol–water partition coefficient (Wildman–Crippen LogP) is 6.61. The monoisotopic (exact) mass is 545 g/mol. The SMILES string of the molecule is CC(C)(C)C(=O)Nc1ccc(C(=O)N/N=C/c2cc(Cl)ccc2OC(=O)c2ccc(Cl)cc2Cl)cc1. The Morgan fingerprint density at radius 2 is 1.53 bits per heavy atom. The molecule has 7 nitrogen and oxygen atoms in total. The smallest absolute Gasteiger partial charge is 0.345 e. The third kappa shape index (κ3) is 7.31. The first-order valence-electron chi connectivity index (χ1n) is 10.7. The van der Waals surface area contributed by atoms with E-state index < -0.39 is 17.3 Å². The molecule has 0 saturated heterocycles. The molecule has 0 spiro atoms. The zero-order valence-corrected chi connectivity index (χ0v) is 21.8. The Morgan fingerprint density at radius 1 is 0.889 bits per heavy atom. The number of halogens is 3. The van der Waals surface area contributed by atoms with Crippen molar-refractivity contribution in [2.75, 3.05) is 5.32 Å². The molecule has 10 heteroatoms. The number of amides is 2. The fourth-order valence-corrected chi connectivity index (χ4v) is 3.44. The van der Waals surface area contributed by atoms with E-state index in [1.54, 1.807) is 51.1 Å². The number of carbonyl (C=O) groups excluding carboxylic acids is 3. The Hall–Kier alpha value is -3.39. The largest absolute Gasteiger partial charge is 0.422 e. The second kappa shape index (κ2) is 11.6. The van der Waals surface area contributed by atoms with E-state index in [9.17, 15) is 14.4 Å². The number of carbonyl (C=O) groups is 3. The molecule has 2 amide bonds. The van der Waals surface area contributed by atoms with E-state index in [2.05, 4.69) is 15.8 Å². The van der Waals surface area contributed by atoms with E-state index in [1.807, 2.05) is 0 Å². The normalized spacial score (nSPS) is 11.3. The summed E-state index contributed by atoms with van der Waals surface area (Å²) in [5.74, 6) is -1.15. The molecular formula is C26H22Cl3N3O4. The highest BCUT2D eigenvalue weighted by molar-refractivity contribution is 6.36. The maximum atomic E-state index is 12.6. The molecule has 3 rings (SSSR count). The van der Waals surface area contributed by atoms with Gasteiger partial charge in [-0.05, 0) is 60.7 Å². The molecular weight excluding hydrogens is 525 g/mol. The van der Waals surface area contributed by atoms with Gasteiger partial charge >= 0.3 is 5.97 Å². The van der Waals surface area contributed by atoms with Crippen LogP contribution in [-0.4, -0.2) is 24.0 Å². The number of rotatable bonds is 6. The van der Waals surface area contributed by atoms with Crippen LogP contribution in [0.2, 0.25) is 15.1 Å². The second-order valence-electron chi connectivity index (χ2n) is 8.68. The molecule has 0 aliphatic carbocycles. The van der Waals surface area contributed by atoms with Crippen molar-refractivity contribution in [3.63, 3.8) is 0 Å². The number of hydrazone groups is 1. The van der Waals surface area contributed by atoms with Crippen molar-refractivity contribution in [1.82, 2.24) is 5.43 Å². The number of hydrogen-bond donors (Lipinski definition) is 2. The van der Waals surface area contributed by atoms with E-state index in [4.69, 9.17) is 39.5 Å². The Kier molecular flexibility index (Phi) is 8.74. The molecule has 0 atom stereocenters. The zero-order valence-electron chi connectivity index (χ0n) is 19.6. The van der Waals surface area contributed by atoms with Crippen molar-refractivity contribution in [2.45, 2.75) is 20.8 Å². The van der Waals surface area contributed by atoms with Gasteiger partial charge in [0.1, 0.15) is 5.75 Å². The van der Waals surface area contributed by atoms with E-state index in [1.165, 1.54) is 36.5 Å². The van der Waals surface area contributed by atoms with Gasteiger partial charge in [0, 0.05) is 32.3 Å². The first-order chi connectivity index (χ1) is 16.9. The molecule has 3 aromatic rings. The standard InChI is InChI=1S/C26H22Cl3N3O4/c1-26(2,3)25(35)31-19-8-4-15(5-9-19)23(33)32-30-14-16-12-17(27)7-11-22(16)36-24(34)20-10-6-18(28)13-21(20)29/h4-14H,1-3H3,(H,31,35)(H,32,33)/b30-14+. The molecule has 0 bridgehead atoms. The lowest BCUT2D eigenvalue weighted by Crippen LogP contribution is -2.27. The van der Waals surface area contributed by atoms with Gasteiger partial charge in [0.15, 0.2) is 0 Å². The minimum Gasteiger partial charge on any atom is -0.422 e. The Morgan fingerprint density at radius 3 is 2.17 bits per heavy atom. The maximum absolute atomic E-state index is 12.6. The molecule has 0 heterocycles. The van der Waals surface area contributed by atoms with Crippen LogP contribution >= 0.6 is 34.8 Å². The topological polar surface area (TPSA) is 96.9 Å². The summed E-state index contributed by atoms with van der Waals surface area (Å²) in [6.07, 6.45) is 1.30. The van der Waals surface area contributed by atoms with Gasteiger partial charge in [0.05, 0.1) is 16.8 Å². The molecule has 0 saturated carbocycles. The molecule has 0 aliphatic rings. The lowest BCUT2D eigenvalue weighted by atomic mass is 9.95. The molecule has 0 fully saturated rings. The third-order valence-electron chi connectivity index (χ3n) is 4.78. The van der Waals surface area contributed by atoms with E-state index in [0.717, 1.165) is 0 Å². The maximum Gasteiger partial charge on any atom is 0.345 e. The lowest BCUT2D eigenvalue weighted by Gasteiger charge is -2.17. The van der Waals surface area contributed by atoms with Crippen molar-refractivity contribution in [3.8, 4) is 5.75 Å². The van der Waals surface area contributed by atoms with E-state index >= 15 is 0 Å². The summed E-state index contributed by atoms with van der Waals surface area (Å²) in [5.41, 5.74) is 3.24. The summed E-state index contributed by atoms with van der Waals surface area (Å²) in [5, 5.41) is 7.64. The van der Waals surface area contributed by atoms with Gasteiger partial charge in [0.25, 0.3) is 5.91 Å². The van der Waals surface area contributed by atoms with Gasteiger partial charge in [-0.3, -0.25) is 9.59 Å². The third-order valence-corrected chi connectivity index (χ3v) is 5.56. The van der Waals surface area contributed by atoms with E-state index in [-0.39, 0.29) is 22.2 Å². The molecule has 0 unspecified atom stereocenters. The number of hydrogen-bond acceptors (Lipinski definition) is 5. The lowest BCUT2D eigenvalue weighted by molar-refractivity contribution is -0.123. The highest BCUT2D eigenvalue weighted by Crippen LogP contribution is 2.26. The molecule has 2 N–H and O–H groups in total.